The molecule has 0 fully saturated rings. The number of nitrogens with one attached hydrogen (secondary N) is 2. The molecule has 0 aliphatic carbocycles. The van der Waals surface area contributed by atoms with Crippen LogP contribution in [0.25, 0.3) is 0 Å². The number of halogens is 3. The fourth-order valence-electron chi connectivity index (χ4n) is 2.08. The number of rotatable bonds is 6. The van der Waals surface area contributed by atoms with E-state index in [0.29, 0.717) is 25.5 Å². The fraction of sp³-hybridized carbons (Fsp3) is 0.294. The molecule has 1 heterocycles. The highest BCUT2D eigenvalue weighted by Crippen LogP contribution is 2.22. The molecule has 0 aliphatic heterocycles. The van der Waals surface area contributed by atoms with Gasteiger partial charge in [-0.15, -0.1) is 13.2 Å². The Morgan fingerprint density at radius 1 is 1.12 bits per heavy atom. The number of aliphatic imine (C=N–C) groups is 1. The molecule has 0 unspecified atom stereocenters. The number of aromatic nitrogens is 1. The number of ether oxygens (including phenoxy) is 1. The standard InChI is InChI=1S/C17H19F3N4O/c1-21-16(24-12-14-4-2-3-10-22-14)23-11-9-13-5-7-15(8-6-13)25-17(18,19)20/h2-8,10H,9,11-12H2,1H3,(H2,21,23,24). The van der Waals surface area contributed by atoms with Gasteiger partial charge in [-0.2, -0.15) is 0 Å². The van der Waals surface area contributed by atoms with Crippen LogP contribution in [0, 0.1) is 0 Å². The van der Waals surface area contributed by atoms with E-state index in [1.807, 2.05) is 18.2 Å². The van der Waals surface area contributed by atoms with Crippen LogP contribution >= 0.6 is 0 Å². The summed E-state index contributed by atoms with van der Waals surface area (Å²) in [6.07, 6.45) is -2.31. The van der Waals surface area contributed by atoms with Gasteiger partial charge in [0, 0.05) is 19.8 Å². The number of alkyl halides is 3. The van der Waals surface area contributed by atoms with Gasteiger partial charge in [-0.05, 0) is 36.2 Å². The second kappa shape index (κ2) is 8.91. The molecule has 1 aromatic heterocycles. The van der Waals surface area contributed by atoms with Crippen molar-refractivity contribution >= 4 is 5.96 Å². The van der Waals surface area contributed by atoms with Crippen LogP contribution < -0.4 is 15.4 Å². The average molecular weight is 352 g/mol. The molecule has 5 nitrogen and oxygen atoms in total. The predicted molar refractivity (Wildman–Crippen MR) is 89.3 cm³/mol. The Kier molecular flexibility index (Phi) is 6.62. The number of hydrogen-bond acceptors (Lipinski definition) is 3. The predicted octanol–water partition coefficient (Wildman–Crippen LogP) is 2.89. The maximum Gasteiger partial charge on any atom is 0.573 e. The second-order valence-electron chi connectivity index (χ2n) is 5.12. The number of pyridine rings is 1. The van der Waals surface area contributed by atoms with Crippen molar-refractivity contribution in [3.8, 4) is 5.75 Å². The summed E-state index contributed by atoms with van der Waals surface area (Å²) in [6.45, 7) is 1.13. The lowest BCUT2D eigenvalue weighted by Crippen LogP contribution is -2.38. The summed E-state index contributed by atoms with van der Waals surface area (Å²) in [6, 6.07) is 11.5. The molecular weight excluding hydrogens is 333 g/mol. The van der Waals surface area contributed by atoms with Crippen LogP contribution in [0.2, 0.25) is 0 Å². The summed E-state index contributed by atoms with van der Waals surface area (Å²) in [5.74, 6) is 0.403. The summed E-state index contributed by atoms with van der Waals surface area (Å²) in [5, 5.41) is 6.28. The topological polar surface area (TPSA) is 58.5 Å². The van der Waals surface area contributed by atoms with Crippen molar-refractivity contribution < 1.29 is 17.9 Å². The Morgan fingerprint density at radius 2 is 1.88 bits per heavy atom. The van der Waals surface area contributed by atoms with E-state index in [2.05, 4.69) is 25.3 Å². The minimum atomic E-state index is -4.67. The van der Waals surface area contributed by atoms with Crippen molar-refractivity contribution in [1.29, 1.82) is 0 Å². The third kappa shape index (κ3) is 7.11. The van der Waals surface area contributed by atoms with Crippen molar-refractivity contribution in [3.05, 3.63) is 59.9 Å². The third-order valence-electron chi connectivity index (χ3n) is 3.25. The highest BCUT2D eigenvalue weighted by molar-refractivity contribution is 5.79. The zero-order chi connectivity index (χ0) is 18.1. The summed E-state index contributed by atoms with van der Waals surface area (Å²) in [7, 11) is 1.66. The van der Waals surface area contributed by atoms with Gasteiger partial charge in [0.2, 0.25) is 0 Å². The highest BCUT2D eigenvalue weighted by atomic mass is 19.4. The zero-order valence-electron chi connectivity index (χ0n) is 13.7. The summed E-state index contributed by atoms with van der Waals surface area (Å²) in [4.78, 5) is 8.32. The first-order valence-electron chi connectivity index (χ1n) is 7.65. The van der Waals surface area contributed by atoms with Gasteiger partial charge in [0.25, 0.3) is 0 Å². The summed E-state index contributed by atoms with van der Waals surface area (Å²) >= 11 is 0. The van der Waals surface area contributed by atoms with Gasteiger partial charge in [0.1, 0.15) is 5.75 Å². The van der Waals surface area contributed by atoms with Gasteiger partial charge in [0.05, 0.1) is 12.2 Å². The molecule has 0 aliphatic rings. The van der Waals surface area contributed by atoms with E-state index in [1.165, 1.54) is 12.1 Å². The van der Waals surface area contributed by atoms with Gasteiger partial charge in [0.15, 0.2) is 5.96 Å². The van der Waals surface area contributed by atoms with Gasteiger partial charge in [-0.3, -0.25) is 9.98 Å². The first-order valence-corrected chi connectivity index (χ1v) is 7.65. The molecule has 0 radical (unpaired) electrons. The lowest BCUT2D eigenvalue weighted by molar-refractivity contribution is -0.274. The van der Waals surface area contributed by atoms with Crippen LogP contribution in [0.5, 0.6) is 5.75 Å². The first kappa shape index (κ1) is 18.6. The van der Waals surface area contributed by atoms with Crippen LogP contribution in [0.3, 0.4) is 0 Å². The molecule has 134 valence electrons. The minimum absolute atomic E-state index is 0.225. The van der Waals surface area contributed by atoms with E-state index in [1.54, 1.807) is 25.4 Å². The Labute approximate surface area is 144 Å². The molecule has 0 amide bonds. The van der Waals surface area contributed by atoms with E-state index in [9.17, 15) is 13.2 Å². The van der Waals surface area contributed by atoms with E-state index >= 15 is 0 Å². The van der Waals surface area contributed by atoms with Crippen LogP contribution in [-0.4, -0.2) is 30.9 Å². The quantitative estimate of drug-likeness (QED) is 0.620. The largest absolute Gasteiger partial charge is 0.573 e. The molecule has 25 heavy (non-hydrogen) atoms. The second-order valence-corrected chi connectivity index (χ2v) is 5.12. The number of hydrogen-bond donors (Lipinski definition) is 2. The highest BCUT2D eigenvalue weighted by Gasteiger charge is 2.30. The van der Waals surface area contributed by atoms with Crippen molar-refractivity contribution in [3.63, 3.8) is 0 Å². The molecule has 2 N–H and O–H groups in total. The summed E-state index contributed by atoms with van der Waals surface area (Å²) in [5.41, 5.74) is 1.79. The molecule has 0 bridgehead atoms. The van der Waals surface area contributed by atoms with Gasteiger partial charge >= 0.3 is 6.36 Å². The lowest BCUT2D eigenvalue weighted by atomic mass is 10.1. The fourth-order valence-corrected chi connectivity index (χ4v) is 2.08. The first-order chi connectivity index (χ1) is 12.0. The van der Waals surface area contributed by atoms with E-state index in [4.69, 9.17) is 0 Å². The SMILES string of the molecule is CN=C(NCCc1ccc(OC(F)(F)F)cc1)NCc1ccccn1. The molecule has 0 spiro atoms. The van der Waals surface area contributed by atoms with Gasteiger partial charge < -0.3 is 15.4 Å². The Morgan fingerprint density at radius 3 is 2.48 bits per heavy atom. The van der Waals surface area contributed by atoms with Crippen molar-refractivity contribution in [2.24, 2.45) is 4.99 Å². The molecule has 2 rings (SSSR count). The number of benzene rings is 1. The maximum absolute atomic E-state index is 12.1. The Hall–Kier alpha value is -2.77. The number of nitrogens with zero attached hydrogens (tertiary/aromatic N) is 2. The number of guanidine groups is 1. The van der Waals surface area contributed by atoms with Crippen molar-refractivity contribution in [1.82, 2.24) is 15.6 Å². The molecule has 0 atom stereocenters. The molecule has 2 aromatic rings. The molecule has 8 heteroatoms. The molecular formula is C17H19F3N4O. The smallest absolute Gasteiger partial charge is 0.406 e. The van der Waals surface area contributed by atoms with Gasteiger partial charge in [-0.1, -0.05) is 18.2 Å². The molecule has 1 aromatic carbocycles. The lowest BCUT2D eigenvalue weighted by Gasteiger charge is -2.12. The Balaban J connectivity index is 1.75. The third-order valence-corrected chi connectivity index (χ3v) is 3.25. The van der Waals surface area contributed by atoms with Crippen LogP contribution in [0.4, 0.5) is 13.2 Å². The van der Waals surface area contributed by atoms with E-state index < -0.39 is 6.36 Å². The maximum atomic E-state index is 12.1. The van der Waals surface area contributed by atoms with Crippen LogP contribution in [0.15, 0.2) is 53.7 Å². The van der Waals surface area contributed by atoms with Crippen molar-refractivity contribution in [2.75, 3.05) is 13.6 Å². The molecule has 0 saturated heterocycles. The van der Waals surface area contributed by atoms with Gasteiger partial charge in [-0.25, -0.2) is 0 Å². The van der Waals surface area contributed by atoms with E-state index in [0.717, 1.165) is 11.3 Å². The van der Waals surface area contributed by atoms with E-state index in [-0.39, 0.29) is 5.75 Å². The van der Waals surface area contributed by atoms with Crippen molar-refractivity contribution in [2.45, 2.75) is 19.3 Å². The summed E-state index contributed by atoms with van der Waals surface area (Å²) < 4.78 is 40.2. The normalized spacial score (nSPS) is 11.9. The monoisotopic (exact) mass is 352 g/mol. The Bertz CT molecular complexity index is 673. The van der Waals surface area contributed by atoms with Crippen LogP contribution in [0.1, 0.15) is 11.3 Å². The minimum Gasteiger partial charge on any atom is -0.406 e. The molecule has 0 saturated carbocycles. The average Bonchev–Trinajstić information content (AvgIpc) is 2.59. The van der Waals surface area contributed by atoms with Crippen LogP contribution in [-0.2, 0) is 13.0 Å². The zero-order valence-corrected chi connectivity index (χ0v) is 13.7.